The van der Waals surface area contributed by atoms with Crippen molar-refractivity contribution in [2.24, 2.45) is 17.8 Å². The van der Waals surface area contributed by atoms with Crippen molar-refractivity contribution in [3.8, 4) is 0 Å². The number of ether oxygens (including phenoxy) is 1. The summed E-state index contributed by atoms with van der Waals surface area (Å²) >= 11 is 0. The van der Waals surface area contributed by atoms with Gasteiger partial charge in [0.2, 0.25) is 11.8 Å². The van der Waals surface area contributed by atoms with E-state index >= 15 is 0 Å². The monoisotopic (exact) mass is 475 g/mol. The Morgan fingerprint density at radius 1 is 0.765 bits per heavy atom. The first-order valence-corrected chi connectivity index (χ1v) is 12.0. The summed E-state index contributed by atoms with van der Waals surface area (Å²) in [5.74, 6) is -0.390. The van der Waals surface area contributed by atoms with Gasteiger partial charge in [-0.1, -0.05) is 71.9 Å². The Morgan fingerprint density at radius 3 is 1.76 bits per heavy atom. The average Bonchev–Trinajstić information content (AvgIpc) is 2.76. The van der Waals surface area contributed by atoms with Crippen molar-refractivity contribution in [3.63, 3.8) is 0 Å². The maximum absolute atomic E-state index is 13.1. The smallest absolute Gasteiger partial charge is 0.408 e. The van der Waals surface area contributed by atoms with Crippen LogP contribution in [-0.4, -0.2) is 42.3 Å². The lowest BCUT2D eigenvalue weighted by Crippen LogP contribution is -2.55. The predicted molar refractivity (Wildman–Crippen MR) is 132 cm³/mol. The van der Waals surface area contributed by atoms with Crippen molar-refractivity contribution in [2.75, 3.05) is 0 Å². The van der Waals surface area contributed by atoms with Crippen molar-refractivity contribution in [1.82, 2.24) is 16.0 Å². The molecule has 1 aromatic carbocycles. The van der Waals surface area contributed by atoms with Crippen LogP contribution in [0.25, 0.3) is 0 Å². The van der Waals surface area contributed by atoms with E-state index in [0.717, 1.165) is 11.8 Å². The van der Waals surface area contributed by atoms with Crippen molar-refractivity contribution >= 4 is 24.2 Å². The third-order valence-corrected chi connectivity index (χ3v) is 5.09. The first-order valence-electron chi connectivity index (χ1n) is 12.0. The van der Waals surface area contributed by atoms with Gasteiger partial charge in [-0.2, -0.15) is 0 Å². The molecule has 0 aliphatic carbocycles. The fourth-order valence-electron chi connectivity index (χ4n) is 3.52. The molecule has 0 saturated heterocycles. The Balaban J connectivity index is 2.84. The van der Waals surface area contributed by atoms with E-state index in [2.05, 4.69) is 16.0 Å². The van der Waals surface area contributed by atoms with Crippen LogP contribution in [0, 0.1) is 17.8 Å². The molecule has 0 aliphatic heterocycles. The van der Waals surface area contributed by atoms with E-state index in [-0.39, 0.29) is 24.4 Å². The molecule has 1 rings (SSSR count). The largest absolute Gasteiger partial charge is 0.445 e. The zero-order valence-corrected chi connectivity index (χ0v) is 21.3. The molecular weight excluding hydrogens is 434 g/mol. The Kier molecular flexibility index (Phi) is 12.9. The molecule has 0 aromatic heterocycles. The molecule has 8 heteroatoms. The highest BCUT2D eigenvalue weighted by Gasteiger charge is 2.29. The number of benzene rings is 1. The highest BCUT2D eigenvalue weighted by molar-refractivity contribution is 5.92. The maximum atomic E-state index is 13.1. The van der Waals surface area contributed by atoms with E-state index in [1.807, 2.05) is 71.9 Å². The molecule has 3 N–H and O–H groups in total. The molecule has 8 nitrogen and oxygen atoms in total. The van der Waals surface area contributed by atoms with Crippen LogP contribution in [0.3, 0.4) is 0 Å². The molecule has 0 heterocycles. The lowest BCUT2D eigenvalue weighted by molar-refractivity contribution is -0.131. The van der Waals surface area contributed by atoms with E-state index in [0.29, 0.717) is 19.3 Å². The highest BCUT2D eigenvalue weighted by Crippen LogP contribution is 2.11. The summed E-state index contributed by atoms with van der Waals surface area (Å²) in [5.41, 5.74) is 0.835. The van der Waals surface area contributed by atoms with Crippen LogP contribution in [0.15, 0.2) is 30.3 Å². The van der Waals surface area contributed by atoms with Gasteiger partial charge in [0.25, 0.3) is 0 Å². The molecule has 0 spiro atoms. The van der Waals surface area contributed by atoms with Crippen LogP contribution in [0.1, 0.15) is 66.4 Å². The van der Waals surface area contributed by atoms with Crippen molar-refractivity contribution in [2.45, 2.75) is 85.5 Å². The Hall–Kier alpha value is -2.90. The molecule has 2 unspecified atom stereocenters. The first kappa shape index (κ1) is 29.1. The molecule has 0 radical (unpaired) electrons. The lowest BCUT2D eigenvalue weighted by atomic mass is 9.99. The molecule has 190 valence electrons. The Bertz CT molecular complexity index is 780. The number of aldehydes is 1. The van der Waals surface area contributed by atoms with Crippen molar-refractivity contribution in [3.05, 3.63) is 35.9 Å². The third kappa shape index (κ3) is 11.8. The van der Waals surface area contributed by atoms with Crippen LogP contribution < -0.4 is 16.0 Å². The fourth-order valence-corrected chi connectivity index (χ4v) is 3.52. The van der Waals surface area contributed by atoms with Crippen LogP contribution in [-0.2, 0) is 25.7 Å². The van der Waals surface area contributed by atoms with Crippen LogP contribution in [0.5, 0.6) is 0 Å². The predicted octanol–water partition coefficient (Wildman–Crippen LogP) is 3.59. The number of carbonyl (C=O) groups excluding carboxylic acids is 4. The molecular formula is C26H41N3O5. The Morgan fingerprint density at radius 2 is 1.26 bits per heavy atom. The normalized spacial score (nSPS) is 13.8. The molecule has 3 amide bonds. The average molecular weight is 476 g/mol. The van der Waals surface area contributed by atoms with E-state index < -0.39 is 36.0 Å². The summed E-state index contributed by atoms with van der Waals surface area (Å²) in [6, 6.07) is 6.96. The number of amides is 3. The quantitative estimate of drug-likeness (QED) is 0.356. The van der Waals surface area contributed by atoms with Gasteiger partial charge in [0.1, 0.15) is 25.0 Å². The van der Waals surface area contributed by atoms with Gasteiger partial charge in [-0.3, -0.25) is 9.59 Å². The maximum Gasteiger partial charge on any atom is 0.408 e. The number of hydrogen-bond acceptors (Lipinski definition) is 5. The zero-order chi connectivity index (χ0) is 25.7. The minimum absolute atomic E-state index is 0.0873. The minimum atomic E-state index is -0.858. The fraction of sp³-hybridized carbons (Fsp3) is 0.615. The SMILES string of the molecule is CC(C)CC(C=O)NC(=O)[C@@H](CC(C)C)NC(=O)C(CC(C)C)NC(=O)OCc1ccccc1. The van der Waals surface area contributed by atoms with Crippen LogP contribution >= 0.6 is 0 Å². The van der Waals surface area contributed by atoms with E-state index in [9.17, 15) is 19.2 Å². The molecule has 1 aromatic rings. The molecule has 0 aliphatic rings. The topological polar surface area (TPSA) is 114 Å². The summed E-state index contributed by atoms with van der Waals surface area (Å²) in [4.78, 5) is 49.7. The van der Waals surface area contributed by atoms with E-state index in [1.54, 1.807) is 0 Å². The van der Waals surface area contributed by atoms with Gasteiger partial charge < -0.3 is 25.5 Å². The second-order valence-electron chi connectivity index (χ2n) is 9.96. The number of alkyl carbamates (subject to hydrolysis) is 1. The van der Waals surface area contributed by atoms with Crippen molar-refractivity contribution in [1.29, 1.82) is 0 Å². The summed E-state index contributed by atoms with van der Waals surface area (Å²) in [6.07, 6.45) is 1.32. The standard InChI is InChI=1S/C26H41N3O5/c1-17(2)12-21(15-30)27-24(31)22(13-18(3)4)28-25(32)23(14-19(5)6)29-26(33)34-16-20-10-8-7-9-11-20/h7-11,15,17-19,21-23H,12-14,16H2,1-6H3,(H,27,31)(H,28,32)(H,29,33)/t21?,22-,23?/m1/s1. The second kappa shape index (κ2) is 15.1. The van der Waals surface area contributed by atoms with Gasteiger partial charge in [0.05, 0.1) is 6.04 Å². The number of carbonyl (C=O) groups is 4. The van der Waals surface area contributed by atoms with Crippen molar-refractivity contribution < 1.29 is 23.9 Å². The van der Waals surface area contributed by atoms with E-state index in [1.165, 1.54) is 0 Å². The number of hydrogen-bond donors (Lipinski definition) is 3. The van der Waals surface area contributed by atoms with Gasteiger partial charge >= 0.3 is 6.09 Å². The zero-order valence-electron chi connectivity index (χ0n) is 21.3. The molecule has 0 saturated carbocycles. The summed E-state index contributed by atoms with van der Waals surface area (Å²) in [6.45, 7) is 11.8. The third-order valence-electron chi connectivity index (χ3n) is 5.09. The summed E-state index contributed by atoms with van der Waals surface area (Å²) < 4.78 is 5.26. The van der Waals surface area contributed by atoms with Crippen LogP contribution in [0.2, 0.25) is 0 Å². The lowest BCUT2D eigenvalue weighted by Gasteiger charge is -2.26. The van der Waals surface area contributed by atoms with E-state index in [4.69, 9.17) is 4.74 Å². The Labute approximate surface area is 203 Å². The second-order valence-corrected chi connectivity index (χ2v) is 9.96. The van der Waals surface area contributed by atoms with Gasteiger partial charge in [-0.25, -0.2) is 4.79 Å². The molecule has 0 fully saturated rings. The van der Waals surface area contributed by atoms with Gasteiger partial charge in [-0.05, 0) is 42.6 Å². The number of rotatable bonds is 14. The molecule has 0 bridgehead atoms. The minimum Gasteiger partial charge on any atom is -0.445 e. The van der Waals surface area contributed by atoms with Gasteiger partial charge in [0, 0.05) is 0 Å². The number of nitrogens with one attached hydrogen (secondary N) is 3. The van der Waals surface area contributed by atoms with Gasteiger partial charge in [-0.15, -0.1) is 0 Å². The molecule has 34 heavy (non-hydrogen) atoms. The molecule has 3 atom stereocenters. The van der Waals surface area contributed by atoms with Crippen LogP contribution in [0.4, 0.5) is 4.79 Å². The summed E-state index contributed by atoms with van der Waals surface area (Å²) in [7, 11) is 0. The van der Waals surface area contributed by atoms with Gasteiger partial charge in [0.15, 0.2) is 0 Å². The first-order chi connectivity index (χ1) is 16.0. The highest BCUT2D eigenvalue weighted by atomic mass is 16.5. The summed E-state index contributed by atoms with van der Waals surface area (Å²) in [5, 5.41) is 8.15.